The Bertz CT molecular complexity index is 1130. The van der Waals surface area contributed by atoms with Gasteiger partial charge in [-0.2, -0.15) is 26.3 Å². The van der Waals surface area contributed by atoms with E-state index in [2.05, 4.69) is 5.32 Å². The fourth-order valence-corrected chi connectivity index (χ4v) is 3.27. The minimum atomic E-state index is -4.97. The molecule has 0 aliphatic carbocycles. The minimum Gasteiger partial charge on any atom is -0.457 e. The van der Waals surface area contributed by atoms with Crippen molar-refractivity contribution in [1.29, 1.82) is 0 Å². The van der Waals surface area contributed by atoms with E-state index in [1.165, 1.54) is 24.3 Å². The number of benzene rings is 3. The van der Waals surface area contributed by atoms with Crippen molar-refractivity contribution >= 4 is 0 Å². The number of rotatable bonds is 7. The first-order valence-corrected chi connectivity index (χ1v) is 10.0. The van der Waals surface area contributed by atoms with Gasteiger partial charge in [0.15, 0.2) is 6.10 Å². The normalized spacial score (nSPS) is 14.0. The van der Waals surface area contributed by atoms with Gasteiger partial charge >= 0.3 is 12.4 Å². The Morgan fingerprint density at radius 2 is 1.53 bits per heavy atom. The Kier molecular flexibility index (Phi) is 7.52. The van der Waals surface area contributed by atoms with Gasteiger partial charge in [-0.05, 0) is 60.5 Å². The highest BCUT2D eigenvalue weighted by Gasteiger charge is 2.39. The maximum absolute atomic E-state index is 14.6. The Morgan fingerprint density at radius 1 is 0.882 bits per heavy atom. The van der Waals surface area contributed by atoms with E-state index >= 15 is 0 Å². The van der Waals surface area contributed by atoms with Crippen LogP contribution in [0.2, 0.25) is 0 Å². The third-order valence-electron chi connectivity index (χ3n) is 4.94. The predicted octanol–water partition coefficient (Wildman–Crippen LogP) is 6.55. The molecule has 0 radical (unpaired) electrons. The van der Waals surface area contributed by atoms with Crippen molar-refractivity contribution in [2.75, 3.05) is 6.54 Å². The minimum absolute atomic E-state index is 0.137. The molecule has 0 aliphatic heterocycles. The second-order valence-electron chi connectivity index (χ2n) is 7.62. The lowest BCUT2D eigenvalue weighted by Gasteiger charge is -2.24. The molecule has 3 rings (SSSR count). The molecule has 0 bridgehead atoms. The molecule has 34 heavy (non-hydrogen) atoms. The lowest BCUT2D eigenvalue weighted by Crippen LogP contribution is -2.40. The van der Waals surface area contributed by atoms with Crippen molar-refractivity contribution in [2.24, 2.45) is 0 Å². The SMILES string of the molecule is Cc1cccc(Oc2cccc(C(NCC(O)C(F)(F)F)c3cc(C(F)(F)F)ccc3F)c2)c1. The Labute approximate surface area is 190 Å². The fourth-order valence-electron chi connectivity index (χ4n) is 3.27. The van der Waals surface area contributed by atoms with E-state index in [0.29, 0.717) is 23.9 Å². The van der Waals surface area contributed by atoms with E-state index in [9.17, 15) is 35.8 Å². The number of aliphatic hydroxyl groups excluding tert-OH is 1. The highest BCUT2D eigenvalue weighted by molar-refractivity contribution is 5.41. The molecular weight excluding hydrogens is 467 g/mol. The molecule has 182 valence electrons. The molecular formula is C24H20F7NO2. The summed E-state index contributed by atoms with van der Waals surface area (Å²) in [5.74, 6) is -0.366. The van der Waals surface area contributed by atoms with Crippen LogP contribution < -0.4 is 10.1 Å². The highest BCUT2D eigenvalue weighted by Crippen LogP contribution is 2.35. The van der Waals surface area contributed by atoms with Crippen molar-refractivity contribution < 1.29 is 40.6 Å². The monoisotopic (exact) mass is 487 g/mol. The topological polar surface area (TPSA) is 41.5 Å². The van der Waals surface area contributed by atoms with E-state index in [-0.39, 0.29) is 11.3 Å². The molecule has 2 unspecified atom stereocenters. The molecule has 0 fully saturated rings. The lowest BCUT2D eigenvalue weighted by atomic mass is 9.95. The van der Waals surface area contributed by atoms with Crippen LogP contribution in [0.5, 0.6) is 11.5 Å². The van der Waals surface area contributed by atoms with Crippen LogP contribution in [0.25, 0.3) is 0 Å². The van der Waals surface area contributed by atoms with Crippen LogP contribution in [0.1, 0.15) is 28.3 Å². The Balaban J connectivity index is 2.01. The molecule has 3 aromatic carbocycles. The molecule has 3 nitrogen and oxygen atoms in total. The van der Waals surface area contributed by atoms with Crippen molar-refractivity contribution in [3.8, 4) is 11.5 Å². The summed E-state index contributed by atoms with van der Waals surface area (Å²) < 4.78 is 98.5. The number of halogens is 7. The summed E-state index contributed by atoms with van der Waals surface area (Å²) in [6, 6.07) is 13.0. The standard InChI is InChI=1S/C24H20F7NO2/c1-14-4-2-6-17(10-14)34-18-7-3-5-15(11-18)22(32-13-21(33)24(29,30)31)19-12-16(23(26,27)28)8-9-20(19)25/h2-12,21-22,32-33H,13H2,1H3. The predicted molar refractivity (Wildman–Crippen MR) is 111 cm³/mol. The summed E-state index contributed by atoms with van der Waals surface area (Å²) in [5, 5.41) is 11.7. The molecule has 0 aliphatic rings. The number of aryl methyl sites for hydroxylation is 1. The average molecular weight is 487 g/mol. The summed E-state index contributed by atoms with van der Waals surface area (Å²) in [6.45, 7) is 0.762. The second kappa shape index (κ2) is 10.0. The number of alkyl halides is 6. The van der Waals surface area contributed by atoms with Crippen molar-refractivity contribution in [3.05, 3.63) is 94.8 Å². The maximum atomic E-state index is 14.6. The van der Waals surface area contributed by atoms with Crippen LogP contribution in [0.3, 0.4) is 0 Å². The fraction of sp³-hybridized carbons (Fsp3) is 0.250. The van der Waals surface area contributed by atoms with E-state index in [0.717, 1.165) is 5.56 Å². The molecule has 0 spiro atoms. The zero-order valence-corrected chi connectivity index (χ0v) is 17.7. The van der Waals surface area contributed by atoms with Gasteiger partial charge in [-0.1, -0.05) is 24.3 Å². The Morgan fingerprint density at radius 3 is 2.15 bits per heavy atom. The van der Waals surface area contributed by atoms with Gasteiger partial charge < -0.3 is 15.2 Å². The smallest absolute Gasteiger partial charge is 0.416 e. The molecule has 0 amide bonds. The van der Waals surface area contributed by atoms with E-state index in [1.54, 1.807) is 18.2 Å². The summed E-state index contributed by atoms with van der Waals surface area (Å²) in [6.07, 6.45) is -12.6. The first-order chi connectivity index (χ1) is 15.8. The quantitative estimate of drug-likeness (QED) is 0.372. The van der Waals surface area contributed by atoms with Gasteiger partial charge in [0.2, 0.25) is 0 Å². The van der Waals surface area contributed by atoms with Crippen LogP contribution in [0.15, 0.2) is 66.7 Å². The largest absolute Gasteiger partial charge is 0.457 e. The second-order valence-corrected chi connectivity index (χ2v) is 7.62. The van der Waals surface area contributed by atoms with Crippen molar-refractivity contribution in [3.63, 3.8) is 0 Å². The molecule has 0 saturated carbocycles. The van der Waals surface area contributed by atoms with Gasteiger partial charge in [-0.3, -0.25) is 0 Å². The number of aliphatic hydroxyl groups is 1. The lowest BCUT2D eigenvalue weighted by molar-refractivity contribution is -0.202. The van der Waals surface area contributed by atoms with Gasteiger partial charge in [0.1, 0.15) is 17.3 Å². The van der Waals surface area contributed by atoms with E-state index in [4.69, 9.17) is 4.74 Å². The number of hydrogen-bond donors (Lipinski definition) is 2. The summed E-state index contributed by atoms with van der Waals surface area (Å²) in [5.41, 5.74) is -0.658. The van der Waals surface area contributed by atoms with Gasteiger partial charge in [0.25, 0.3) is 0 Å². The van der Waals surface area contributed by atoms with Gasteiger partial charge in [0, 0.05) is 12.1 Å². The summed E-state index contributed by atoms with van der Waals surface area (Å²) in [7, 11) is 0. The molecule has 2 N–H and O–H groups in total. The number of ether oxygens (including phenoxy) is 1. The molecule has 0 aromatic heterocycles. The number of nitrogens with one attached hydrogen (secondary N) is 1. The summed E-state index contributed by atoms with van der Waals surface area (Å²) in [4.78, 5) is 0. The third-order valence-corrected chi connectivity index (χ3v) is 4.94. The van der Waals surface area contributed by atoms with E-state index in [1.807, 2.05) is 13.0 Å². The Hall–Kier alpha value is -3.11. The van der Waals surface area contributed by atoms with Gasteiger partial charge in [0.05, 0.1) is 11.6 Å². The van der Waals surface area contributed by atoms with Crippen LogP contribution in [0.4, 0.5) is 30.7 Å². The molecule has 3 aromatic rings. The van der Waals surface area contributed by atoms with Crippen LogP contribution >= 0.6 is 0 Å². The molecule has 10 heteroatoms. The van der Waals surface area contributed by atoms with Crippen molar-refractivity contribution in [2.45, 2.75) is 31.4 Å². The van der Waals surface area contributed by atoms with Crippen LogP contribution in [0, 0.1) is 12.7 Å². The molecule has 2 atom stereocenters. The first-order valence-electron chi connectivity index (χ1n) is 10.0. The van der Waals surface area contributed by atoms with Crippen LogP contribution in [-0.4, -0.2) is 23.9 Å². The zero-order chi connectivity index (χ0) is 25.1. The third kappa shape index (κ3) is 6.48. The van der Waals surface area contributed by atoms with Crippen LogP contribution in [-0.2, 0) is 6.18 Å². The molecule has 0 heterocycles. The van der Waals surface area contributed by atoms with Gasteiger partial charge in [-0.15, -0.1) is 0 Å². The average Bonchev–Trinajstić information content (AvgIpc) is 2.73. The molecule has 0 saturated heterocycles. The van der Waals surface area contributed by atoms with Crippen molar-refractivity contribution in [1.82, 2.24) is 5.32 Å². The summed E-state index contributed by atoms with van der Waals surface area (Å²) >= 11 is 0. The zero-order valence-electron chi connectivity index (χ0n) is 17.7. The maximum Gasteiger partial charge on any atom is 0.416 e. The number of hydrogen-bond acceptors (Lipinski definition) is 3. The van der Waals surface area contributed by atoms with E-state index < -0.39 is 48.0 Å². The van der Waals surface area contributed by atoms with Gasteiger partial charge in [-0.25, -0.2) is 4.39 Å². The highest BCUT2D eigenvalue weighted by atomic mass is 19.4. The first kappa shape index (κ1) is 25.5.